The van der Waals surface area contributed by atoms with Gasteiger partial charge in [0.25, 0.3) is 5.91 Å². The molecule has 5 nitrogen and oxygen atoms in total. The molecular formula is C22H35N3O2S. The molecule has 0 bridgehead atoms. The maximum absolute atomic E-state index is 12.5. The SMILES string of the molecule is CCCCC1CCC(C(=O)NCCN2CCN(C(=O)c3ccsc3)CC2)CC1. The van der Waals surface area contributed by atoms with E-state index in [1.54, 1.807) is 11.3 Å². The van der Waals surface area contributed by atoms with Crippen LogP contribution in [0.2, 0.25) is 0 Å². The van der Waals surface area contributed by atoms with Crippen LogP contribution in [0.15, 0.2) is 16.8 Å². The second kappa shape index (κ2) is 11.0. The molecule has 2 aliphatic rings. The van der Waals surface area contributed by atoms with Crippen LogP contribution in [0.3, 0.4) is 0 Å². The van der Waals surface area contributed by atoms with Crippen molar-refractivity contribution in [1.82, 2.24) is 15.1 Å². The fraction of sp³-hybridized carbons (Fsp3) is 0.727. The van der Waals surface area contributed by atoms with Crippen molar-refractivity contribution < 1.29 is 9.59 Å². The Labute approximate surface area is 173 Å². The van der Waals surface area contributed by atoms with E-state index in [2.05, 4.69) is 17.1 Å². The number of nitrogens with one attached hydrogen (secondary N) is 1. The van der Waals surface area contributed by atoms with E-state index in [1.807, 2.05) is 21.7 Å². The van der Waals surface area contributed by atoms with Gasteiger partial charge < -0.3 is 10.2 Å². The fourth-order valence-corrected chi connectivity index (χ4v) is 5.06. The summed E-state index contributed by atoms with van der Waals surface area (Å²) >= 11 is 1.56. The van der Waals surface area contributed by atoms with Gasteiger partial charge in [-0.3, -0.25) is 14.5 Å². The molecule has 28 heavy (non-hydrogen) atoms. The van der Waals surface area contributed by atoms with Gasteiger partial charge in [0.15, 0.2) is 0 Å². The van der Waals surface area contributed by atoms with Gasteiger partial charge >= 0.3 is 0 Å². The number of hydrogen-bond acceptors (Lipinski definition) is 4. The molecule has 0 radical (unpaired) electrons. The van der Waals surface area contributed by atoms with E-state index >= 15 is 0 Å². The highest BCUT2D eigenvalue weighted by atomic mass is 32.1. The lowest BCUT2D eigenvalue weighted by Gasteiger charge is -2.34. The number of amides is 2. The quantitative estimate of drug-likeness (QED) is 0.719. The number of unbranched alkanes of at least 4 members (excludes halogenated alkanes) is 1. The first-order valence-electron chi connectivity index (χ1n) is 11.0. The molecule has 1 N–H and O–H groups in total. The standard InChI is InChI=1S/C22H35N3O2S/c1-2-3-4-18-5-7-19(8-6-18)21(26)23-10-11-24-12-14-25(15-13-24)22(27)20-9-16-28-17-20/h9,16-19H,2-8,10-15H2,1H3,(H,23,26). The first kappa shape index (κ1) is 21.3. The van der Waals surface area contributed by atoms with E-state index in [1.165, 1.54) is 32.1 Å². The summed E-state index contributed by atoms with van der Waals surface area (Å²) in [6.45, 7) is 7.14. The molecule has 1 aliphatic carbocycles. The largest absolute Gasteiger partial charge is 0.355 e. The molecule has 1 aromatic rings. The predicted molar refractivity (Wildman–Crippen MR) is 115 cm³/mol. The van der Waals surface area contributed by atoms with Crippen LogP contribution < -0.4 is 5.32 Å². The molecule has 6 heteroatoms. The highest BCUT2D eigenvalue weighted by Crippen LogP contribution is 2.31. The zero-order valence-corrected chi connectivity index (χ0v) is 18.0. The third kappa shape index (κ3) is 6.05. The Morgan fingerprint density at radius 2 is 1.89 bits per heavy atom. The molecule has 2 heterocycles. The highest BCUT2D eigenvalue weighted by Gasteiger charge is 2.26. The minimum Gasteiger partial charge on any atom is -0.355 e. The summed E-state index contributed by atoms with van der Waals surface area (Å²) in [5.41, 5.74) is 0.801. The number of hydrogen-bond donors (Lipinski definition) is 1. The van der Waals surface area contributed by atoms with E-state index in [0.717, 1.165) is 57.0 Å². The molecule has 0 aromatic carbocycles. The van der Waals surface area contributed by atoms with Crippen LogP contribution in [0.5, 0.6) is 0 Å². The van der Waals surface area contributed by atoms with Crippen molar-refractivity contribution in [3.05, 3.63) is 22.4 Å². The minimum absolute atomic E-state index is 0.142. The van der Waals surface area contributed by atoms with Gasteiger partial charge in [-0.2, -0.15) is 11.3 Å². The van der Waals surface area contributed by atoms with E-state index < -0.39 is 0 Å². The number of carbonyl (C=O) groups excluding carboxylic acids is 2. The van der Waals surface area contributed by atoms with Gasteiger partial charge in [0, 0.05) is 50.6 Å². The summed E-state index contributed by atoms with van der Waals surface area (Å²) in [4.78, 5) is 29.1. The summed E-state index contributed by atoms with van der Waals surface area (Å²) < 4.78 is 0. The van der Waals surface area contributed by atoms with Gasteiger partial charge in [0.2, 0.25) is 5.91 Å². The monoisotopic (exact) mass is 405 g/mol. The molecule has 1 saturated heterocycles. The lowest BCUT2D eigenvalue weighted by molar-refractivity contribution is -0.126. The smallest absolute Gasteiger partial charge is 0.254 e. The third-order valence-electron chi connectivity index (χ3n) is 6.34. The first-order chi connectivity index (χ1) is 13.7. The van der Waals surface area contributed by atoms with Gasteiger partial charge in [0.05, 0.1) is 5.56 Å². The molecule has 1 aromatic heterocycles. The van der Waals surface area contributed by atoms with Crippen LogP contribution >= 0.6 is 11.3 Å². The number of nitrogens with zero attached hydrogens (tertiary/aromatic N) is 2. The second-order valence-electron chi connectivity index (χ2n) is 8.30. The summed E-state index contributed by atoms with van der Waals surface area (Å²) in [7, 11) is 0. The van der Waals surface area contributed by atoms with Gasteiger partial charge in [-0.15, -0.1) is 0 Å². The Kier molecular flexibility index (Phi) is 8.34. The van der Waals surface area contributed by atoms with Crippen molar-refractivity contribution in [3.8, 4) is 0 Å². The zero-order chi connectivity index (χ0) is 19.8. The molecule has 156 valence electrons. The van der Waals surface area contributed by atoms with Gasteiger partial charge in [-0.25, -0.2) is 0 Å². The molecular weight excluding hydrogens is 370 g/mol. The van der Waals surface area contributed by atoms with Crippen molar-refractivity contribution in [3.63, 3.8) is 0 Å². The van der Waals surface area contributed by atoms with E-state index in [9.17, 15) is 9.59 Å². The Hall–Kier alpha value is -1.40. The first-order valence-corrected chi connectivity index (χ1v) is 11.9. The van der Waals surface area contributed by atoms with Crippen molar-refractivity contribution in [1.29, 1.82) is 0 Å². The third-order valence-corrected chi connectivity index (χ3v) is 7.02. The van der Waals surface area contributed by atoms with Gasteiger partial charge in [0.1, 0.15) is 0 Å². The van der Waals surface area contributed by atoms with Gasteiger partial charge in [-0.1, -0.05) is 26.2 Å². The molecule has 2 fully saturated rings. The molecule has 0 atom stereocenters. The Balaban J connectivity index is 1.29. The van der Waals surface area contributed by atoms with Crippen LogP contribution in [-0.4, -0.2) is 60.9 Å². The van der Waals surface area contributed by atoms with E-state index in [-0.39, 0.29) is 17.7 Å². The molecule has 2 amide bonds. The molecule has 0 spiro atoms. The lowest BCUT2D eigenvalue weighted by Crippen LogP contribution is -2.50. The summed E-state index contributed by atoms with van der Waals surface area (Å²) in [5, 5.41) is 7.02. The second-order valence-corrected chi connectivity index (χ2v) is 9.08. The number of carbonyl (C=O) groups is 2. The van der Waals surface area contributed by atoms with Crippen LogP contribution in [0.1, 0.15) is 62.2 Å². The topological polar surface area (TPSA) is 52.7 Å². The average molecular weight is 406 g/mol. The van der Waals surface area contributed by atoms with Crippen LogP contribution in [-0.2, 0) is 4.79 Å². The van der Waals surface area contributed by atoms with E-state index in [4.69, 9.17) is 0 Å². The van der Waals surface area contributed by atoms with Crippen LogP contribution in [0, 0.1) is 11.8 Å². The van der Waals surface area contributed by atoms with Crippen molar-refractivity contribution in [2.45, 2.75) is 51.9 Å². The van der Waals surface area contributed by atoms with Crippen molar-refractivity contribution >= 4 is 23.2 Å². The molecule has 1 saturated carbocycles. The molecule has 3 rings (SSSR count). The average Bonchev–Trinajstić information content (AvgIpc) is 3.27. The molecule has 0 unspecified atom stereocenters. The van der Waals surface area contributed by atoms with E-state index in [0.29, 0.717) is 6.54 Å². The number of rotatable bonds is 8. The maximum atomic E-state index is 12.5. The summed E-state index contributed by atoms with van der Waals surface area (Å²) in [5.74, 6) is 1.46. The maximum Gasteiger partial charge on any atom is 0.254 e. The lowest BCUT2D eigenvalue weighted by atomic mass is 9.79. The van der Waals surface area contributed by atoms with Gasteiger partial charge in [-0.05, 0) is 43.0 Å². The Bertz CT molecular complexity index is 603. The molecule has 1 aliphatic heterocycles. The van der Waals surface area contributed by atoms with Crippen molar-refractivity contribution in [2.75, 3.05) is 39.3 Å². The van der Waals surface area contributed by atoms with Crippen LogP contribution in [0.25, 0.3) is 0 Å². The number of piperazine rings is 1. The van der Waals surface area contributed by atoms with Crippen LogP contribution in [0.4, 0.5) is 0 Å². The summed E-state index contributed by atoms with van der Waals surface area (Å²) in [6, 6.07) is 1.90. The Morgan fingerprint density at radius 3 is 2.54 bits per heavy atom. The highest BCUT2D eigenvalue weighted by molar-refractivity contribution is 7.08. The summed E-state index contributed by atoms with van der Waals surface area (Å²) in [6.07, 6.45) is 8.50. The normalized spacial score (nSPS) is 23.5. The Morgan fingerprint density at radius 1 is 1.14 bits per heavy atom. The number of thiophene rings is 1. The zero-order valence-electron chi connectivity index (χ0n) is 17.2. The minimum atomic E-state index is 0.142. The fourth-order valence-electron chi connectivity index (χ4n) is 4.43. The predicted octanol–water partition coefficient (Wildman–Crippen LogP) is 3.62. The van der Waals surface area contributed by atoms with Crippen molar-refractivity contribution in [2.24, 2.45) is 11.8 Å².